The van der Waals surface area contributed by atoms with E-state index in [0.717, 1.165) is 5.56 Å². The van der Waals surface area contributed by atoms with Crippen LogP contribution >= 0.6 is 0 Å². The number of phenolic OH excluding ortho intramolecular Hbond substituents is 1. The fourth-order valence-corrected chi connectivity index (χ4v) is 3.72. The van der Waals surface area contributed by atoms with Gasteiger partial charge in [0, 0.05) is 0 Å². The van der Waals surface area contributed by atoms with Crippen LogP contribution in [0.2, 0.25) is 0 Å². The van der Waals surface area contributed by atoms with Gasteiger partial charge in [-0.3, -0.25) is 4.79 Å². The molecule has 0 amide bonds. The van der Waals surface area contributed by atoms with Crippen LogP contribution in [-0.2, 0) is 10.0 Å². The van der Waals surface area contributed by atoms with Crippen molar-refractivity contribution < 1.29 is 22.7 Å². The quantitative estimate of drug-likeness (QED) is 0.620. The maximum absolute atomic E-state index is 14.5. The molecule has 0 atom stereocenters. The fraction of sp³-hybridized carbons (Fsp3) is 0.0952. The summed E-state index contributed by atoms with van der Waals surface area (Å²) in [5.41, 5.74) is 1.62. The Balaban J connectivity index is 1.84. The van der Waals surface area contributed by atoms with Gasteiger partial charge in [-0.2, -0.15) is 0 Å². The molecule has 0 bridgehead atoms. The molecule has 0 radical (unpaired) electrons. The largest absolute Gasteiger partial charge is 0.508 e. The summed E-state index contributed by atoms with van der Waals surface area (Å²) >= 11 is 0. The first-order chi connectivity index (χ1) is 13.3. The smallest absolute Gasteiger partial charge is 0.240 e. The van der Waals surface area contributed by atoms with E-state index in [9.17, 15) is 22.7 Å². The highest BCUT2D eigenvalue weighted by Gasteiger charge is 2.20. The van der Waals surface area contributed by atoms with Gasteiger partial charge in [-0.1, -0.05) is 30.3 Å². The zero-order valence-electron chi connectivity index (χ0n) is 15.0. The number of halogens is 1. The number of hydrogen-bond donors (Lipinski definition) is 2. The van der Waals surface area contributed by atoms with Gasteiger partial charge in [0.25, 0.3) is 0 Å². The second kappa shape index (κ2) is 7.92. The monoisotopic (exact) mass is 399 g/mol. The van der Waals surface area contributed by atoms with E-state index >= 15 is 0 Å². The number of sulfonamides is 1. The molecule has 0 aliphatic rings. The van der Waals surface area contributed by atoms with E-state index in [4.69, 9.17) is 0 Å². The minimum Gasteiger partial charge on any atom is -0.508 e. The summed E-state index contributed by atoms with van der Waals surface area (Å²) in [6.45, 7) is 0.969. The average Bonchev–Trinajstić information content (AvgIpc) is 2.69. The molecule has 0 spiro atoms. The Hall–Kier alpha value is -3.03. The molecule has 3 rings (SSSR count). The Labute approximate surface area is 162 Å². The van der Waals surface area contributed by atoms with Gasteiger partial charge in [-0.05, 0) is 60.0 Å². The number of aryl methyl sites for hydroxylation is 1. The van der Waals surface area contributed by atoms with Gasteiger partial charge in [0.15, 0.2) is 5.78 Å². The number of ketones is 1. The van der Waals surface area contributed by atoms with Crippen LogP contribution in [0.5, 0.6) is 5.75 Å². The Morgan fingerprint density at radius 1 is 1.00 bits per heavy atom. The Morgan fingerprint density at radius 3 is 2.29 bits per heavy atom. The summed E-state index contributed by atoms with van der Waals surface area (Å²) in [5.74, 6) is -1.43. The molecule has 0 aliphatic carbocycles. The van der Waals surface area contributed by atoms with Crippen molar-refractivity contribution in [3.63, 3.8) is 0 Å². The third kappa shape index (κ3) is 4.27. The van der Waals surface area contributed by atoms with Crippen molar-refractivity contribution in [2.24, 2.45) is 0 Å². The zero-order valence-corrected chi connectivity index (χ0v) is 15.8. The second-order valence-electron chi connectivity index (χ2n) is 6.26. The molecule has 5 nitrogen and oxygen atoms in total. The normalized spacial score (nSPS) is 11.4. The average molecular weight is 399 g/mol. The Morgan fingerprint density at radius 2 is 1.64 bits per heavy atom. The van der Waals surface area contributed by atoms with Gasteiger partial charge < -0.3 is 5.11 Å². The maximum atomic E-state index is 14.5. The number of Topliss-reactive ketones (excluding diaryl/α,β-unsaturated/α-hetero) is 1. The number of phenols is 1. The van der Waals surface area contributed by atoms with Gasteiger partial charge in [0.05, 0.1) is 17.0 Å². The van der Waals surface area contributed by atoms with Crippen LogP contribution in [-0.4, -0.2) is 25.9 Å². The minimum absolute atomic E-state index is 0.0784. The first kappa shape index (κ1) is 19.7. The van der Waals surface area contributed by atoms with Gasteiger partial charge in [-0.15, -0.1) is 0 Å². The predicted octanol–water partition coefficient (Wildman–Crippen LogP) is 3.67. The predicted molar refractivity (Wildman–Crippen MR) is 104 cm³/mol. The lowest BCUT2D eigenvalue weighted by molar-refractivity contribution is 0.0993. The molecule has 0 saturated heterocycles. The fourth-order valence-electron chi connectivity index (χ4n) is 2.73. The van der Waals surface area contributed by atoms with Crippen LogP contribution in [0.25, 0.3) is 11.1 Å². The lowest BCUT2D eigenvalue weighted by atomic mass is 9.98. The van der Waals surface area contributed by atoms with E-state index in [1.54, 1.807) is 13.0 Å². The van der Waals surface area contributed by atoms with E-state index in [1.165, 1.54) is 30.3 Å². The van der Waals surface area contributed by atoms with Crippen LogP contribution in [0.4, 0.5) is 4.39 Å². The summed E-state index contributed by atoms with van der Waals surface area (Å²) < 4.78 is 41.2. The number of carbonyl (C=O) groups is 1. The van der Waals surface area contributed by atoms with E-state index in [-0.39, 0.29) is 16.2 Å². The van der Waals surface area contributed by atoms with Gasteiger partial charge in [-0.25, -0.2) is 17.5 Å². The molecular formula is C21H18FNO4S. The van der Waals surface area contributed by atoms with Crippen LogP contribution in [0.15, 0.2) is 71.6 Å². The van der Waals surface area contributed by atoms with Crippen molar-refractivity contribution in [3.8, 4) is 16.9 Å². The number of hydrogen-bond acceptors (Lipinski definition) is 4. The van der Waals surface area contributed by atoms with E-state index in [0.29, 0.717) is 11.1 Å². The number of rotatable bonds is 6. The molecule has 0 fully saturated rings. The molecule has 0 aromatic heterocycles. The third-order valence-corrected chi connectivity index (χ3v) is 5.65. The molecule has 2 N–H and O–H groups in total. The number of carbonyl (C=O) groups excluding carboxylic acids is 1. The maximum Gasteiger partial charge on any atom is 0.240 e. The molecule has 0 unspecified atom stereocenters. The first-order valence-corrected chi connectivity index (χ1v) is 9.94. The number of benzene rings is 3. The topological polar surface area (TPSA) is 83.5 Å². The molecule has 0 heterocycles. The van der Waals surface area contributed by atoms with Crippen molar-refractivity contribution in [3.05, 3.63) is 83.7 Å². The summed E-state index contributed by atoms with van der Waals surface area (Å²) in [6, 6.07) is 17.1. The minimum atomic E-state index is -3.97. The summed E-state index contributed by atoms with van der Waals surface area (Å²) in [5, 5.41) is 9.25. The summed E-state index contributed by atoms with van der Waals surface area (Å²) in [7, 11) is -3.97. The molecule has 0 aliphatic heterocycles. The zero-order chi connectivity index (χ0) is 20.3. The molecule has 28 heavy (non-hydrogen) atoms. The molecule has 144 valence electrons. The van der Waals surface area contributed by atoms with Gasteiger partial charge >= 0.3 is 0 Å². The van der Waals surface area contributed by atoms with Gasteiger partial charge in [0.2, 0.25) is 10.0 Å². The van der Waals surface area contributed by atoms with Crippen molar-refractivity contribution >= 4 is 15.8 Å². The van der Waals surface area contributed by atoms with Crippen molar-refractivity contribution in [1.82, 2.24) is 4.72 Å². The third-order valence-electron chi connectivity index (χ3n) is 4.23. The van der Waals surface area contributed by atoms with Crippen LogP contribution in [0, 0.1) is 12.7 Å². The van der Waals surface area contributed by atoms with Crippen molar-refractivity contribution in [2.75, 3.05) is 6.54 Å². The van der Waals surface area contributed by atoms with Crippen molar-refractivity contribution in [2.45, 2.75) is 11.8 Å². The number of aromatic hydroxyl groups is 1. The Kier molecular flexibility index (Phi) is 5.58. The number of nitrogens with one attached hydrogen (secondary N) is 1. The molecular weight excluding hydrogens is 381 g/mol. The first-order valence-electron chi connectivity index (χ1n) is 8.45. The standard InChI is InChI=1S/C21H18FNO4S/c1-14-11-16(15-5-3-2-4-6-15)12-19(21(14)22)20(25)13-23-28(26,27)18-9-7-17(24)8-10-18/h2-12,23-24H,13H2,1H3. The van der Waals surface area contributed by atoms with Gasteiger partial charge in [0.1, 0.15) is 11.6 Å². The SMILES string of the molecule is Cc1cc(-c2ccccc2)cc(C(=O)CNS(=O)(=O)c2ccc(O)cc2)c1F. The van der Waals surface area contributed by atoms with E-state index < -0.39 is 28.2 Å². The molecule has 3 aromatic rings. The molecule has 3 aromatic carbocycles. The van der Waals surface area contributed by atoms with Crippen LogP contribution < -0.4 is 4.72 Å². The second-order valence-corrected chi connectivity index (χ2v) is 8.03. The summed E-state index contributed by atoms with van der Waals surface area (Å²) in [4.78, 5) is 12.4. The van der Waals surface area contributed by atoms with E-state index in [2.05, 4.69) is 4.72 Å². The summed E-state index contributed by atoms with van der Waals surface area (Å²) in [6.07, 6.45) is 0. The molecule has 7 heteroatoms. The van der Waals surface area contributed by atoms with Crippen LogP contribution in [0.1, 0.15) is 15.9 Å². The van der Waals surface area contributed by atoms with Crippen LogP contribution in [0.3, 0.4) is 0 Å². The molecule has 0 saturated carbocycles. The Bertz CT molecular complexity index is 1110. The highest BCUT2D eigenvalue weighted by Crippen LogP contribution is 2.25. The van der Waals surface area contributed by atoms with E-state index in [1.807, 2.05) is 30.3 Å². The highest BCUT2D eigenvalue weighted by molar-refractivity contribution is 7.89. The lowest BCUT2D eigenvalue weighted by Gasteiger charge is -2.11. The lowest BCUT2D eigenvalue weighted by Crippen LogP contribution is -2.30. The highest BCUT2D eigenvalue weighted by atomic mass is 32.2. The van der Waals surface area contributed by atoms with Crippen molar-refractivity contribution in [1.29, 1.82) is 0 Å².